The SMILES string of the molecule is CC(=O)Nc1ccc(S(=O)(=O)Oc2ccc(/C=C(\C#N)C(=O)Nc3cc([N+](=O)[O-])ccc3Cl)cc2Br)cc1. The van der Waals surface area contributed by atoms with Crippen LogP contribution >= 0.6 is 27.5 Å². The Kier molecular flexibility index (Phi) is 8.84. The summed E-state index contributed by atoms with van der Waals surface area (Å²) in [7, 11) is -4.22. The number of non-ortho nitro benzene ring substituents is 1. The van der Waals surface area contributed by atoms with Gasteiger partial charge in [0.05, 0.1) is 20.1 Å². The van der Waals surface area contributed by atoms with Crippen LogP contribution in [0.15, 0.2) is 75.6 Å². The van der Waals surface area contributed by atoms with Crippen molar-refractivity contribution < 1.29 is 27.1 Å². The number of amides is 2. The maximum absolute atomic E-state index is 12.7. The quantitative estimate of drug-likeness (QED) is 0.113. The number of hydrogen-bond acceptors (Lipinski definition) is 8. The first-order valence-electron chi connectivity index (χ1n) is 10.4. The lowest BCUT2D eigenvalue weighted by atomic mass is 10.1. The van der Waals surface area contributed by atoms with Crippen LogP contribution in [-0.2, 0) is 19.7 Å². The smallest absolute Gasteiger partial charge is 0.339 e. The summed E-state index contributed by atoms with van der Waals surface area (Å²) >= 11 is 9.20. The van der Waals surface area contributed by atoms with Crippen molar-refractivity contribution in [2.75, 3.05) is 10.6 Å². The van der Waals surface area contributed by atoms with Crippen molar-refractivity contribution in [2.24, 2.45) is 0 Å². The Morgan fingerprint density at radius 2 is 1.79 bits per heavy atom. The van der Waals surface area contributed by atoms with E-state index < -0.39 is 20.9 Å². The minimum atomic E-state index is -4.22. The van der Waals surface area contributed by atoms with Crippen molar-refractivity contribution in [1.29, 1.82) is 5.26 Å². The van der Waals surface area contributed by atoms with E-state index in [0.717, 1.165) is 6.07 Å². The van der Waals surface area contributed by atoms with E-state index in [1.165, 1.54) is 67.6 Å². The fourth-order valence-corrected chi connectivity index (χ4v) is 4.67. The fraction of sp³-hybridized carbons (Fsp3) is 0.0417. The molecule has 14 heteroatoms. The third-order valence-electron chi connectivity index (χ3n) is 4.70. The molecule has 0 saturated heterocycles. The third-order valence-corrected chi connectivity index (χ3v) is 6.90. The van der Waals surface area contributed by atoms with E-state index in [-0.39, 0.29) is 43.0 Å². The Bertz CT molecular complexity index is 1620. The molecule has 3 rings (SSSR count). The van der Waals surface area contributed by atoms with Gasteiger partial charge >= 0.3 is 10.1 Å². The van der Waals surface area contributed by atoms with Gasteiger partial charge in [0.25, 0.3) is 11.6 Å². The van der Waals surface area contributed by atoms with Gasteiger partial charge in [0.2, 0.25) is 5.91 Å². The number of nitrogens with zero attached hydrogens (tertiary/aromatic N) is 2. The van der Waals surface area contributed by atoms with Gasteiger partial charge in [0.15, 0.2) is 5.75 Å². The molecule has 0 aliphatic heterocycles. The van der Waals surface area contributed by atoms with E-state index in [4.69, 9.17) is 15.8 Å². The molecule has 2 N–H and O–H groups in total. The summed E-state index contributed by atoms with van der Waals surface area (Å²) in [6.45, 7) is 1.32. The van der Waals surface area contributed by atoms with Crippen LogP contribution in [0.5, 0.6) is 5.75 Å². The number of hydrogen-bond donors (Lipinski definition) is 2. The first-order chi connectivity index (χ1) is 17.9. The molecule has 0 aliphatic rings. The molecule has 0 atom stereocenters. The van der Waals surface area contributed by atoms with Gasteiger partial charge in [-0.1, -0.05) is 17.7 Å². The summed E-state index contributed by atoms with van der Waals surface area (Å²) in [5, 5.41) is 25.4. The second kappa shape index (κ2) is 11.9. The molecule has 0 spiro atoms. The van der Waals surface area contributed by atoms with E-state index in [0.29, 0.717) is 11.3 Å². The molecule has 3 aromatic carbocycles. The number of carbonyl (C=O) groups excluding carboxylic acids is 2. The summed E-state index contributed by atoms with van der Waals surface area (Å²) in [5.74, 6) is -1.23. The summed E-state index contributed by atoms with van der Waals surface area (Å²) in [4.78, 5) is 33.9. The van der Waals surface area contributed by atoms with Gasteiger partial charge in [-0.25, -0.2) is 0 Å². The van der Waals surface area contributed by atoms with Crippen molar-refractivity contribution in [3.63, 3.8) is 0 Å². The lowest BCUT2D eigenvalue weighted by molar-refractivity contribution is -0.384. The molecule has 0 unspecified atom stereocenters. The van der Waals surface area contributed by atoms with Crippen LogP contribution in [-0.4, -0.2) is 25.2 Å². The molecule has 194 valence electrons. The first-order valence-corrected chi connectivity index (χ1v) is 13.0. The molecule has 3 aromatic rings. The van der Waals surface area contributed by atoms with Crippen molar-refractivity contribution in [3.05, 3.63) is 91.4 Å². The van der Waals surface area contributed by atoms with Gasteiger partial charge in [0.1, 0.15) is 16.5 Å². The molecule has 0 aliphatic carbocycles. The molecule has 0 radical (unpaired) electrons. The molecule has 2 amide bonds. The number of nitrogens with one attached hydrogen (secondary N) is 2. The number of benzene rings is 3. The number of nitriles is 1. The predicted molar refractivity (Wildman–Crippen MR) is 143 cm³/mol. The van der Waals surface area contributed by atoms with Crippen LogP contribution in [0.1, 0.15) is 12.5 Å². The van der Waals surface area contributed by atoms with Gasteiger partial charge < -0.3 is 14.8 Å². The van der Waals surface area contributed by atoms with E-state index in [2.05, 4.69) is 26.6 Å². The van der Waals surface area contributed by atoms with Gasteiger partial charge in [-0.3, -0.25) is 19.7 Å². The molecular formula is C24H16BrClN4O7S. The average molecular weight is 620 g/mol. The van der Waals surface area contributed by atoms with E-state index in [1.807, 2.05) is 0 Å². The Balaban J connectivity index is 1.79. The van der Waals surface area contributed by atoms with Crippen LogP contribution in [0.25, 0.3) is 6.08 Å². The van der Waals surface area contributed by atoms with Gasteiger partial charge in [-0.05, 0) is 70.0 Å². The van der Waals surface area contributed by atoms with Crippen molar-refractivity contribution in [2.45, 2.75) is 11.8 Å². The molecular weight excluding hydrogens is 604 g/mol. The standard InChI is InChI=1S/C24H16BrClN4O7S/c1-14(31)28-17-3-6-19(7-4-17)38(35,36)37-23-9-2-15(11-20(23)25)10-16(13-27)24(32)29-22-12-18(30(33)34)5-8-21(22)26/h2-12H,1H3,(H,28,31)(H,29,32)/b16-10+. The highest BCUT2D eigenvalue weighted by molar-refractivity contribution is 9.10. The Morgan fingerprint density at radius 3 is 2.37 bits per heavy atom. The van der Waals surface area contributed by atoms with Crippen LogP contribution in [0.3, 0.4) is 0 Å². The number of anilines is 2. The second-order valence-electron chi connectivity index (χ2n) is 7.48. The maximum Gasteiger partial charge on any atom is 0.339 e. The molecule has 11 nitrogen and oxygen atoms in total. The van der Waals surface area contributed by atoms with Gasteiger partial charge in [-0.2, -0.15) is 13.7 Å². The lowest BCUT2D eigenvalue weighted by Crippen LogP contribution is -2.14. The Labute approximate surface area is 230 Å². The summed E-state index contributed by atoms with van der Waals surface area (Å²) in [6, 6.07) is 14.8. The van der Waals surface area contributed by atoms with Crippen LogP contribution < -0.4 is 14.8 Å². The summed E-state index contributed by atoms with van der Waals surface area (Å²) in [5.41, 5.74) is 0.0644. The van der Waals surface area contributed by atoms with Crippen molar-refractivity contribution in [1.82, 2.24) is 0 Å². The molecule has 0 aromatic heterocycles. The van der Waals surface area contributed by atoms with Crippen LogP contribution in [0.2, 0.25) is 5.02 Å². The van der Waals surface area contributed by atoms with Gasteiger partial charge in [0, 0.05) is 24.7 Å². The third kappa shape index (κ3) is 7.16. The van der Waals surface area contributed by atoms with Gasteiger partial charge in [-0.15, -0.1) is 0 Å². The average Bonchev–Trinajstić information content (AvgIpc) is 2.85. The zero-order valence-corrected chi connectivity index (χ0v) is 22.4. The molecule has 0 heterocycles. The second-order valence-corrected chi connectivity index (χ2v) is 10.3. The maximum atomic E-state index is 12.7. The summed E-state index contributed by atoms with van der Waals surface area (Å²) < 4.78 is 30.7. The first kappa shape index (κ1) is 28.3. The Morgan fingerprint density at radius 1 is 1.11 bits per heavy atom. The zero-order chi connectivity index (χ0) is 28.0. The Hall–Kier alpha value is -4.25. The zero-order valence-electron chi connectivity index (χ0n) is 19.3. The molecule has 0 bridgehead atoms. The number of halogens is 2. The molecule has 0 saturated carbocycles. The lowest BCUT2D eigenvalue weighted by Gasteiger charge is -2.10. The number of nitro benzene ring substituents is 1. The largest absolute Gasteiger partial charge is 0.378 e. The minimum Gasteiger partial charge on any atom is -0.378 e. The normalized spacial score (nSPS) is 11.3. The minimum absolute atomic E-state index is 0.0384. The highest BCUT2D eigenvalue weighted by atomic mass is 79.9. The van der Waals surface area contributed by atoms with E-state index in [9.17, 15) is 33.4 Å². The topological polar surface area (TPSA) is 168 Å². The predicted octanol–water partition coefficient (Wildman–Crippen LogP) is 5.28. The highest BCUT2D eigenvalue weighted by Gasteiger charge is 2.19. The summed E-state index contributed by atoms with van der Waals surface area (Å²) in [6.07, 6.45) is 1.23. The van der Waals surface area contributed by atoms with Crippen LogP contribution in [0, 0.1) is 21.4 Å². The molecule has 0 fully saturated rings. The van der Waals surface area contributed by atoms with E-state index >= 15 is 0 Å². The number of carbonyl (C=O) groups is 2. The van der Waals surface area contributed by atoms with Crippen molar-refractivity contribution in [3.8, 4) is 11.8 Å². The molecule has 38 heavy (non-hydrogen) atoms. The highest BCUT2D eigenvalue weighted by Crippen LogP contribution is 2.31. The number of rotatable bonds is 8. The van der Waals surface area contributed by atoms with E-state index in [1.54, 1.807) is 6.07 Å². The number of nitro groups is 1. The van der Waals surface area contributed by atoms with Crippen LogP contribution in [0.4, 0.5) is 17.1 Å². The fourth-order valence-electron chi connectivity index (χ4n) is 2.98. The van der Waals surface area contributed by atoms with Crippen molar-refractivity contribution >= 4 is 72.6 Å². The monoisotopic (exact) mass is 618 g/mol.